The van der Waals surface area contributed by atoms with Crippen LogP contribution in [0.4, 0.5) is 0 Å². The molecule has 1 aromatic heterocycles. The number of hydrogen-bond donors (Lipinski definition) is 2. The summed E-state index contributed by atoms with van der Waals surface area (Å²) in [5.41, 5.74) is 6.97. The van der Waals surface area contributed by atoms with Crippen LogP contribution in [0, 0.1) is 0 Å². The number of nitrogens with two attached hydrogens (primary N) is 1. The molecule has 0 aliphatic carbocycles. The number of furan rings is 1. The SMILES string of the molecule is COc1ccc(CC(N)C(=O)O)c2ccoc12. The quantitative estimate of drug-likeness (QED) is 0.836. The van der Waals surface area contributed by atoms with E-state index in [-0.39, 0.29) is 6.42 Å². The van der Waals surface area contributed by atoms with Gasteiger partial charge in [0.2, 0.25) is 0 Å². The molecule has 90 valence electrons. The van der Waals surface area contributed by atoms with Crippen molar-refractivity contribution in [3.8, 4) is 5.75 Å². The molecular weight excluding hydrogens is 222 g/mol. The molecule has 0 saturated heterocycles. The number of methoxy groups -OCH3 is 1. The van der Waals surface area contributed by atoms with Crippen molar-refractivity contribution < 1.29 is 19.1 Å². The van der Waals surface area contributed by atoms with Gasteiger partial charge in [-0.1, -0.05) is 6.07 Å². The van der Waals surface area contributed by atoms with Gasteiger partial charge >= 0.3 is 5.97 Å². The minimum Gasteiger partial charge on any atom is -0.493 e. The summed E-state index contributed by atoms with van der Waals surface area (Å²) in [5.74, 6) is -0.393. The second-order valence-corrected chi connectivity index (χ2v) is 3.74. The van der Waals surface area contributed by atoms with Crippen LogP contribution in [0.5, 0.6) is 5.75 Å². The molecule has 0 fully saturated rings. The number of hydrogen-bond acceptors (Lipinski definition) is 4. The fraction of sp³-hybridized carbons (Fsp3) is 0.250. The molecule has 0 bridgehead atoms. The highest BCUT2D eigenvalue weighted by Gasteiger charge is 2.16. The second-order valence-electron chi connectivity index (χ2n) is 3.74. The molecule has 3 N–H and O–H groups in total. The van der Waals surface area contributed by atoms with Crippen molar-refractivity contribution in [2.24, 2.45) is 5.73 Å². The van der Waals surface area contributed by atoms with Crippen molar-refractivity contribution in [2.45, 2.75) is 12.5 Å². The Balaban J connectivity index is 2.42. The summed E-state index contributed by atoms with van der Waals surface area (Å²) in [6.07, 6.45) is 1.80. The maximum atomic E-state index is 10.7. The summed E-state index contributed by atoms with van der Waals surface area (Å²) in [4.78, 5) is 10.7. The van der Waals surface area contributed by atoms with Gasteiger partial charge in [-0.15, -0.1) is 0 Å². The Morgan fingerprint density at radius 3 is 2.94 bits per heavy atom. The van der Waals surface area contributed by atoms with Gasteiger partial charge in [-0.05, 0) is 24.1 Å². The summed E-state index contributed by atoms with van der Waals surface area (Å²) in [6, 6.07) is 4.42. The third kappa shape index (κ3) is 2.09. The number of benzene rings is 1. The summed E-state index contributed by atoms with van der Waals surface area (Å²) in [5, 5.41) is 9.63. The van der Waals surface area contributed by atoms with Crippen molar-refractivity contribution in [1.82, 2.24) is 0 Å². The van der Waals surface area contributed by atoms with Crippen LogP contribution in [0.15, 0.2) is 28.9 Å². The smallest absolute Gasteiger partial charge is 0.320 e. The summed E-state index contributed by atoms with van der Waals surface area (Å²) in [6.45, 7) is 0. The first-order valence-corrected chi connectivity index (χ1v) is 5.15. The summed E-state index contributed by atoms with van der Waals surface area (Å²) < 4.78 is 10.5. The number of rotatable bonds is 4. The van der Waals surface area contributed by atoms with Crippen molar-refractivity contribution in [1.29, 1.82) is 0 Å². The van der Waals surface area contributed by atoms with Gasteiger partial charge in [-0.25, -0.2) is 0 Å². The Morgan fingerprint density at radius 1 is 1.53 bits per heavy atom. The van der Waals surface area contributed by atoms with E-state index in [1.54, 1.807) is 31.6 Å². The largest absolute Gasteiger partial charge is 0.493 e. The molecule has 5 nitrogen and oxygen atoms in total. The molecule has 1 aromatic carbocycles. The van der Waals surface area contributed by atoms with Crippen LogP contribution in [-0.2, 0) is 11.2 Å². The first-order chi connectivity index (χ1) is 8.13. The molecule has 5 heteroatoms. The molecule has 0 amide bonds. The lowest BCUT2D eigenvalue weighted by Gasteiger charge is -2.08. The number of fused-ring (bicyclic) bond motifs is 1. The summed E-state index contributed by atoms with van der Waals surface area (Å²) >= 11 is 0. The fourth-order valence-electron chi connectivity index (χ4n) is 1.76. The normalized spacial score (nSPS) is 12.6. The number of carboxylic acids is 1. The standard InChI is InChI=1S/C12H13NO4/c1-16-10-3-2-7(6-9(13)12(14)15)8-4-5-17-11(8)10/h2-5,9H,6,13H2,1H3,(H,14,15). The average Bonchev–Trinajstić information content (AvgIpc) is 2.78. The van der Waals surface area contributed by atoms with Gasteiger partial charge in [0.1, 0.15) is 6.04 Å². The van der Waals surface area contributed by atoms with Gasteiger partial charge < -0.3 is 20.0 Å². The molecule has 1 heterocycles. The Kier molecular flexibility index (Phi) is 3.01. The van der Waals surface area contributed by atoms with Crippen molar-refractivity contribution in [3.05, 3.63) is 30.0 Å². The van der Waals surface area contributed by atoms with E-state index in [0.29, 0.717) is 11.3 Å². The Bertz CT molecular complexity index is 546. The lowest BCUT2D eigenvalue weighted by atomic mass is 10.0. The van der Waals surface area contributed by atoms with E-state index in [2.05, 4.69) is 0 Å². The van der Waals surface area contributed by atoms with E-state index < -0.39 is 12.0 Å². The maximum Gasteiger partial charge on any atom is 0.320 e. The highest BCUT2D eigenvalue weighted by Crippen LogP contribution is 2.29. The third-order valence-corrected chi connectivity index (χ3v) is 2.65. The van der Waals surface area contributed by atoms with Gasteiger partial charge in [0.25, 0.3) is 0 Å². The van der Waals surface area contributed by atoms with Crippen LogP contribution in [0.2, 0.25) is 0 Å². The van der Waals surface area contributed by atoms with Gasteiger partial charge in [0, 0.05) is 5.39 Å². The topological polar surface area (TPSA) is 85.7 Å². The molecule has 0 spiro atoms. The van der Waals surface area contributed by atoms with E-state index in [1.165, 1.54) is 0 Å². The monoisotopic (exact) mass is 235 g/mol. The molecule has 1 unspecified atom stereocenters. The molecule has 0 aliphatic rings. The highest BCUT2D eigenvalue weighted by atomic mass is 16.5. The zero-order valence-corrected chi connectivity index (χ0v) is 9.34. The molecule has 1 atom stereocenters. The van der Waals surface area contributed by atoms with Crippen molar-refractivity contribution >= 4 is 16.9 Å². The van der Waals surface area contributed by atoms with E-state index in [1.807, 2.05) is 0 Å². The Labute approximate surface area is 97.8 Å². The lowest BCUT2D eigenvalue weighted by Crippen LogP contribution is -2.32. The zero-order chi connectivity index (χ0) is 12.4. The molecular formula is C12H13NO4. The molecule has 0 saturated carbocycles. The predicted octanol–water partition coefficient (Wildman–Crippen LogP) is 1.40. The Morgan fingerprint density at radius 2 is 2.29 bits per heavy atom. The van der Waals surface area contributed by atoms with Gasteiger partial charge in [-0.3, -0.25) is 4.79 Å². The molecule has 0 aliphatic heterocycles. The number of carbonyl (C=O) groups is 1. The zero-order valence-electron chi connectivity index (χ0n) is 9.34. The minimum absolute atomic E-state index is 0.259. The van der Waals surface area contributed by atoms with Crippen LogP contribution in [0.25, 0.3) is 11.0 Å². The van der Waals surface area contributed by atoms with Crippen LogP contribution >= 0.6 is 0 Å². The highest BCUT2D eigenvalue weighted by molar-refractivity contribution is 5.87. The van der Waals surface area contributed by atoms with Crippen LogP contribution in [0.1, 0.15) is 5.56 Å². The number of aliphatic carboxylic acids is 1. The van der Waals surface area contributed by atoms with Crippen LogP contribution in [0.3, 0.4) is 0 Å². The maximum absolute atomic E-state index is 10.7. The van der Waals surface area contributed by atoms with Gasteiger partial charge in [0.15, 0.2) is 11.3 Å². The average molecular weight is 235 g/mol. The fourth-order valence-corrected chi connectivity index (χ4v) is 1.76. The number of ether oxygens (including phenoxy) is 1. The van der Waals surface area contributed by atoms with E-state index in [0.717, 1.165) is 10.9 Å². The van der Waals surface area contributed by atoms with E-state index >= 15 is 0 Å². The van der Waals surface area contributed by atoms with Gasteiger partial charge in [-0.2, -0.15) is 0 Å². The van der Waals surface area contributed by atoms with E-state index in [9.17, 15) is 4.79 Å². The van der Waals surface area contributed by atoms with E-state index in [4.69, 9.17) is 20.0 Å². The van der Waals surface area contributed by atoms with Crippen LogP contribution < -0.4 is 10.5 Å². The lowest BCUT2D eigenvalue weighted by molar-refractivity contribution is -0.138. The first kappa shape index (κ1) is 11.5. The molecule has 2 aromatic rings. The van der Waals surface area contributed by atoms with Gasteiger partial charge in [0.05, 0.1) is 13.4 Å². The van der Waals surface area contributed by atoms with Crippen molar-refractivity contribution in [2.75, 3.05) is 7.11 Å². The molecule has 2 rings (SSSR count). The molecule has 17 heavy (non-hydrogen) atoms. The third-order valence-electron chi connectivity index (χ3n) is 2.65. The number of carboxylic acid groups (broad SMARTS) is 1. The second kappa shape index (κ2) is 4.47. The van der Waals surface area contributed by atoms with Crippen molar-refractivity contribution in [3.63, 3.8) is 0 Å². The molecule has 0 radical (unpaired) electrons. The predicted molar refractivity (Wildman–Crippen MR) is 62.1 cm³/mol. The minimum atomic E-state index is -1.02. The van der Waals surface area contributed by atoms with Crippen LogP contribution in [-0.4, -0.2) is 24.2 Å². The first-order valence-electron chi connectivity index (χ1n) is 5.15. The Hall–Kier alpha value is -2.01. The summed E-state index contributed by atoms with van der Waals surface area (Å²) in [7, 11) is 1.56.